The Kier molecular flexibility index (Phi) is 9.47. The number of nitrogens with zero attached hydrogens (tertiary/aromatic N) is 2. The molecule has 40 heavy (non-hydrogen) atoms. The van der Waals surface area contributed by atoms with Crippen LogP contribution < -0.4 is 29.1 Å². The normalized spacial score (nSPS) is 15.1. The lowest BCUT2D eigenvalue weighted by atomic mass is 9.96. The van der Waals surface area contributed by atoms with Gasteiger partial charge in [0.2, 0.25) is 0 Å². The van der Waals surface area contributed by atoms with Gasteiger partial charge in [-0.05, 0) is 68.7 Å². The van der Waals surface area contributed by atoms with Gasteiger partial charge in [-0.1, -0.05) is 49.3 Å². The molecule has 9 heteroatoms. The summed E-state index contributed by atoms with van der Waals surface area (Å²) in [4.78, 5) is 32.3. The molecule has 0 aliphatic carbocycles. The number of ether oxygens (including phenoxy) is 4. The topological polar surface area (TPSA) is 88.4 Å². The maximum absolute atomic E-state index is 13.9. The number of methoxy groups -OCH3 is 2. The Bertz CT molecular complexity index is 1570. The highest BCUT2D eigenvalue weighted by molar-refractivity contribution is 7.07. The summed E-state index contributed by atoms with van der Waals surface area (Å²) >= 11 is 1.28. The van der Waals surface area contributed by atoms with Gasteiger partial charge < -0.3 is 18.9 Å². The Morgan fingerprint density at radius 1 is 1.07 bits per heavy atom. The SMILES string of the molecule is CCCCCOc1ccc(/C=c2\sc3n(c2=O)C(c2ccc(OC)cc2)C(C(=O)OC(C)C)=C(C)N=3)cc1OC. The summed E-state index contributed by atoms with van der Waals surface area (Å²) in [6.45, 7) is 8.13. The van der Waals surface area contributed by atoms with E-state index in [9.17, 15) is 9.59 Å². The van der Waals surface area contributed by atoms with Crippen LogP contribution >= 0.6 is 11.3 Å². The van der Waals surface area contributed by atoms with Crippen LogP contribution in [0.2, 0.25) is 0 Å². The van der Waals surface area contributed by atoms with E-state index in [4.69, 9.17) is 18.9 Å². The molecule has 1 atom stereocenters. The number of carbonyl (C=O) groups excluding carboxylic acids is 1. The summed E-state index contributed by atoms with van der Waals surface area (Å²) < 4.78 is 24.4. The molecule has 0 radical (unpaired) electrons. The Hall–Kier alpha value is -3.85. The van der Waals surface area contributed by atoms with Gasteiger partial charge in [0.15, 0.2) is 16.3 Å². The molecule has 0 fully saturated rings. The number of allylic oxidation sites excluding steroid dienone is 1. The minimum Gasteiger partial charge on any atom is -0.497 e. The second-order valence-corrected chi connectivity index (χ2v) is 10.8. The van der Waals surface area contributed by atoms with Gasteiger partial charge >= 0.3 is 5.97 Å². The fraction of sp³-hybridized carbons (Fsp3) is 0.387. The highest BCUT2D eigenvalue weighted by atomic mass is 32.1. The predicted octanol–water partition coefficient (Wildman–Crippen LogP) is 4.77. The first-order valence-electron chi connectivity index (χ1n) is 13.5. The Labute approximate surface area is 238 Å². The Morgan fingerprint density at radius 3 is 2.48 bits per heavy atom. The summed E-state index contributed by atoms with van der Waals surface area (Å²) in [7, 11) is 3.19. The van der Waals surface area contributed by atoms with Crippen LogP contribution in [0.1, 0.15) is 64.1 Å². The highest BCUT2D eigenvalue weighted by Gasteiger charge is 2.33. The van der Waals surface area contributed by atoms with E-state index < -0.39 is 12.0 Å². The van der Waals surface area contributed by atoms with Crippen LogP contribution in [0, 0.1) is 0 Å². The third-order valence-electron chi connectivity index (χ3n) is 6.51. The van der Waals surface area contributed by atoms with Crippen LogP contribution in [-0.4, -0.2) is 37.5 Å². The third-order valence-corrected chi connectivity index (χ3v) is 7.49. The maximum atomic E-state index is 13.9. The molecule has 0 bridgehead atoms. The van der Waals surface area contributed by atoms with Gasteiger partial charge in [-0.3, -0.25) is 9.36 Å². The zero-order chi connectivity index (χ0) is 28.8. The summed E-state index contributed by atoms with van der Waals surface area (Å²) in [6.07, 6.45) is 4.70. The van der Waals surface area contributed by atoms with Crippen molar-refractivity contribution in [1.82, 2.24) is 4.57 Å². The predicted molar refractivity (Wildman–Crippen MR) is 156 cm³/mol. The van der Waals surface area contributed by atoms with Crippen molar-refractivity contribution in [3.63, 3.8) is 0 Å². The summed E-state index contributed by atoms with van der Waals surface area (Å²) in [5, 5.41) is 0. The van der Waals surface area contributed by atoms with Crippen LogP contribution in [-0.2, 0) is 9.53 Å². The second kappa shape index (κ2) is 13.0. The minimum atomic E-state index is -0.691. The van der Waals surface area contributed by atoms with Crippen molar-refractivity contribution in [2.24, 2.45) is 4.99 Å². The maximum Gasteiger partial charge on any atom is 0.338 e. The van der Waals surface area contributed by atoms with Gasteiger partial charge in [0.05, 0.1) is 48.8 Å². The second-order valence-electron chi connectivity index (χ2n) is 9.77. The Morgan fingerprint density at radius 2 is 1.82 bits per heavy atom. The molecule has 3 aromatic rings. The zero-order valence-corrected chi connectivity index (χ0v) is 24.7. The number of unbranched alkanes of at least 4 members (excludes halogenated alkanes) is 2. The van der Waals surface area contributed by atoms with Gasteiger partial charge in [0, 0.05) is 0 Å². The van der Waals surface area contributed by atoms with E-state index in [1.807, 2.05) is 48.5 Å². The van der Waals surface area contributed by atoms with Crippen LogP contribution in [0.5, 0.6) is 17.2 Å². The average Bonchev–Trinajstić information content (AvgIpc) is 3.24. The quantitative estimate of drug-likeness (QED) is 0.246. The van der Waals surface area contributed by atoms with Crippen LogP contribution in [0.4, 0.5) is 0 Å². The number of carbonyl (C=O) groups is 1. The number of benzene rings is 2. The summed E-state index contributed by atoms with van der Waals surface area (Å²) in [5.74, 6) is 1.45. The first-order valence-corrected chi connectivity index (χ1v) is 14.3. The molecule has 2 heterocycles. The van der Waals surface area contributed by atoms with E-state index in [2.05, 4.69) is 11.9 Å². The standard InChI is InChI=1S/C31H36N2O6S/c1-7-8-9-16-38-24-15-10-21(17-25(24)37-6)18-26-29(34)33-28(22-11-13-23(36-5)14-12-22)27(30(35)39-19(2)3)20(4)32-31(33)40-26/h10-15,17-19,28H,7-9,16H2,1-6H3/b26-18-. The number of esters is 1. The molecule has 0 saturated carbocycles. The first kappa shape index (κ1) is 29.1. The molecule has 0 N–H and O–H groups in total. The van der Waals surface area contributed by atoms with Crippen LogP contribution in [0.3, 0.4) is 0 Å². The third kappa shape index (κ3) is 6.31. The monoisotopic (exact) mass is 564 g/mol. The molecular weight excluding hydrogens is 528 g/mol. The van der Waals surface area contributed by atoms with Crippen molar-refractivity contribution in [1.29, 1.82) is 0 Å². The average molecular weight is 565 g/mol. The van der Waals surface area contributed by atoms with Gasteiger partial charge in [-0.25, -0.2) is 9.79 Å². The minimum absolute atomic E-state index is 0.245. The number of thiazole rings is 1. The molecular formula is C31H36N2O6S. The molecule has 1 aliphatic rings. The van der Waals surface area contributed by atoms with Gasteiger partial charge in [-0.15, -0.1) is 0 Å². The first-order chi connectivity index (χ1) is 19.3. The molecule has 0 amide bonds. The number of hydrogen-bond donors (Lipinski definition) is 0. The largest absolute Gasteiger partial charge is 0.497 e. The fourth-order valence-corrected chi connectivity index (χ4v) is 5.59. The number of rotatable bonds is 11. The lowest BCUT2D eigenvalue weighted by Crippen LogP contribution is -2.40. The smallest absolute Gasteiger partial charge is 0.338 e. The van der Waals surface area contributed by atoms with Gasteiger partial charge in [-0.2, -0.15) is 0 Å². The summed E-state index contributed by atoms with van der Waals surface area (Å²) in [5.41, 5.74) is 2.16. The summed E-state index contributed by atoms with van der Waals surface area (Å²) in [6, 6.07) is 12.2. The van der Waals surface area contributed by atoms with Gasteiger partial charge in [0.1, 0.15) is 5.75 Å². The molecule has 1 unspecified atom stereocenters. The Balaban J connectivity index is 1.79. The highest BCUT2D eigenvalue weighted by Crippen LogP contribution is 2.32. The van der Waals surface area contributed by atoms with E-state index in [1.165, 1.54) is 11.3 Å². The lowest BCUT2D eigenvalue weighted by Gasteiger charge is -2.25. The van der Waals surface area contributed by atoms with Gasteiger partial charge in [0.25, 0.3) is 5.56 Å². The lowest BCUT2D eigenvalue weighted by molar-refractivity contribution is -0.143. The fourth-order valence-electron chi connectivity index (χ4n) is 4.54. The van der Waals surface area contributed by atoms with Crippen molar-refractivity contribution in [3.05, 3.63) is 84.5 Å². The van der Waals surface area contributed by atoms with Crippen molar-refractivity contribution in [3.8, 4) is 17.2 Å². The van der Waals surface area contributed by atoms with Crippen molar-refractivity contribution < 1.29 is 23.7 Å². The molecule has 2 aromatic carbocycles. The van der Waals surface area contributed by atoms with E-state index in [0.29, 0.717) is 44.5 Å². The number of fused-ring (bicyclic) bond motifs is 1. The zero-order valence-electron chi connectivity index (χ0n) is 23.9. The van der Waals surface area contributed by atoms with Crippen LogP contribution in [0.25, 0.3) is 6.08 Å². The van der Waals surface area contributed by atoms with E-state index in [1.54, 1.807) is 39.6 Å². The van der Waals surface area contributed by atoms with Crippen molar-refractivity contribution >= 4 is 23.4 Å². The molecule has 1 aromatic heterocycles. The van der Waals surface area contributed by atoms with E-state index in [-0.39, 0.29) is 11.7 Å². The van der Waals surface area contributed by atoms with Crippen molar-refractivity contribution in [2.45, 2.75) is 59.1 Å². The molecule has 0 spiro atoms. The molecule has 1 aliphatic heterocycles. The van der Waals surface area contributed by atoms with E-state index >= 15 is 0 Å². The molecule has 0 saturated heterocycles. The number of aromatic nitrogens is 1. The molecule has 212 valence electrons. The van der Waals surface area contributed by atoms with Crippen molar-refractivity contribution in [2.75, 3.05) is 20.8 Å². The van der Waals surface area contributed by atoms with Crippen LogP contribution in [0.15, 0.2) is 63.5 Å². The van der Waals surface area contributed by atoms with E-state index in [0.717, 1.165) is 30.4 Å². The molecule has 8 nitrogen and oxygen atoms in total. The number of hydrogen-bond acceptors (Lipinski definition) is 8. The molecule has 4 rings (SSSR count).